The van der Waals surface area contributed by atoms with Crippen molar-refractivity contribution in [1.82, 2.24) is 0 Å². The summed E-state index contributed by atoms with van der Waals surface area (Å²) >= 11 is 0. The maximum absolute atomic E-state index is 2.27. The van der Waals surface area contributed by atoms with E-state index in [1.165, 1.54) is 32.1 Å². The minimum absolute atomic E-state index is 0.671. The summed E-state index contributed by atoms with van der Waals surface area (Å²) in [6.45, 7) is 6.65. The van der Waals surface area contributed by atoms with Crippen LogP contribution in [0.3, 0.4) is 0 Å². The van der Waals surface area contributed by atoms with Gasteiger partial charge in [-0.1, -0.05) is 64.3 Å². The van der Waals surface area contributed by atoms with Gasteiger partial charge in [-0.3, -0.25) is 0 Å². The molecule has 0 saturated carbocycles. The Morgan fingerprint density at radius 3 is 2.38 bits per heavy atom. The van der Waals surface area contributed by atoms with Gasteiger partial charge in [0.05, 0.1) is 0 Å². The SMILES string of the molecule is CCCCCC/C=C\C=C/C(C)C. The van der Waals surface area contributed by atoms with Crippen LogP contribution in [0.15, 0.2) is 24.3 Å². The van der Waals surface area contributed by atoms with Crippen LogP contribution in [0.5, 0.6) is 0 Å². The molecule has 0 aromatic rings. The van der Waals surface area contributed by atoms with Gasteiger partial charge in [-0.05, 0) is 18.8 Å². The van der Waals surface area contributed by atoms with Gasteiger partial charge in [-0.15, -0.1) is 0 Å². The van der Waals surface area contributed by atoms with Crippen LogP contribution < -0.4 is 0 Å². The Labute approximate surface area is 83.7 Å². The summed E-state index contributed by atoms with van der Waals surface area (Å²) in [5, 5.41) is 0. The molecule has 0 N–H and O–H groups in total. The molecule has 0 heterocycles. The van der Waals surface area contributed by atoms with Crippen LogP contribution in [0.2, 0.25) is 0 Å². The van der Waals surface area contributed by atoms with E-state index in [2.05, 4.69) is 45.1 Å². The van der Waals surface area contributed by atoms with Crippen molar-refractivity contribution < 1.29 is 0 Å². The van der Waals surface area contributed by atoms with Gasteiger partial charge >= 0.3 is 0 Å². The molecule has 0 aromatic heterocycles. The lowest BCUT2D eigenvalue weighted by molar-refractivity contribution is 0.674. The molecule has 0 unspecified atom stereocenters. The molecule has 0 saturated heterocycles. The highest BCUT2D eigenvalue weighted by atomic mass is 13.9. The molecule has 0 aliphatic carbocycles. The normalized spacial score (nSPS) is 12.3. The first kappa shape index (κ1) is 12.5. The minimum Gasteiger partial charge on any atom is -0.0845 e. The third kappa shape index (κ3) is 11.5. The van der Waals surface area contributed by atoms with Crippen molar-refractivity contribution in [1.29, 1.82) is 0 Å². The Morgan fingerprint density at radius 1 is 1.00 bits per heavy atom. The van der Waals surface area contributed by atoms with E-state index in [0.29, 0.717) is 5.92 Å². The lowest BCUT2D eigenvalue weighted by Gasteiger charge is -1.93. The van der Waals surface area contributed by atoms with Crippen LogP contribution in [0.4, 0.5) is 0 Å². The van der Waals surface area contributed by atoms with Gasteiger partial charge < -0.3 is 0 Å². The topological polar surface area (TPSA) is 0 Å². The lowest BCUT2D eigenvalue weighted by Crippen LogP contribution is -1.75. The first-order chi connectivity index (χ1) is 6.27. The summed E-state index contributed by atoms with van der Waals surface area (Å²) in [6, 6.07) is 0. The van der Waals surface area contributed by atoms with Gasteiger partial charge in [-0.25, -0.2) is 0 Å². The third-order valence-electron chi connectivity index (χ3n) is 1.97. The average Bonchev–Trinajstić information content (AvgIpc) is 2.09. The zero-order valence-corrected chi connectivity index (χ0v) is 9.42. The number of rotatable bonds is 7. The second kappa shape index (κ2) is 9.57. The predicted octanol–water partition coefficient (Wildman–Crippen LogP) is 4.73. The van der Waals surface area contributed by atoms with E-state index >= 15 is 0 Å². The van der Waals surface area contributed by atoms with E-state index < -0.39 is 0 Å². The fraction of sp³-hybridized carbons (Fsp3) is 0.692. The second-order valence-corrected chi connectivity index (χ2v) is 3.91. The van der Waals surface area contributed by atoms with Crippen molar-refractivity contribution in [3.8, 4) is 0 Å². The van der Waals surface area contributed by atoms with E-state index in [9.17, 15) is 0 Å². The second-order valence-electron chi connectivity index (χ2n) is 3.91. The number of unbranched alkanes of at least 4 members (excludes halogenated alkanes) is 4. The zero-order valence-electron chi connectivity index (χ0n) is 9.42. The molecule has 0 radical (unpaired) electrons. The van der Waals surface area contributed by atoms with E-state index in [0.717, 1.165) is 0 Å². The molecule has 76 valence electrons. The molecule has 0 fully saturated rings. The summed E-state index contributed by atoms with van der Waals surface area (Å²) in [6.07, 6.45) is 15.5. The molecule has 0 amide bonds. The van der Waals surface area contributed by atoms with Crippen molar-refractivity contribution in [2.45, 2.75) is 52.9 Å². The maximum atomic E-state index is 2.27. The van der Waals surface area contributed by atoms with Gasteiger partial charge in [0.1, 0.15) is 0 Å². The smallest absolute Gasteiger partial charge is 0.0287 e. The lowest BCUT2D eigenvalue weighted by atomic mass is 10.1. The van der Waals surface area contributed by atoms with Crippen molar-refractivity contribution in [2.24, 2.45) is 5.92 Å². The Kier molecular flexibility index (Phi) is 9.18. The number of allylic oxidation sites excluding steroid dienone is 4. The minimum atomic E-state index is 0.671. The molecule has 0 aliphatic rings. The van der Waals surface area contributed by atoms with Crippen LogP contribution in [-0.4, -0.2) is 0 Å². The third-order valence-corrected chi connectivity index (χ3v) is 1.97. The van der Waals surface area contributed by atoms with E-state index in [1.807, 2.05) is 0 Å². The molecular formula is C13H24. The first-order valence-electron chi connectivity index (χ1n) is 5.60. The van der Waals surface area contributed by atoms with Crippen LogP contribution in [0.1, 0.15) is 52.9 Å². The van der Waals surface area contributed by atoms with E-state index in [1.54, 1.807) is 0 Å². The molecule has 0 rings (SSSR count). The Morgan fingerprint density at radius 2 is 1.77 bits per heavy atom. The van der Waals surface area contributed by atoms with Gasteiger partial charge in [0.2, 0.25) is 0 Å². The molecule has 0 spiro atoms. The van der Waals surface area contributed by atoms with Crippen LogP contribution in [0, 0.1) is 5.92 Å². The number of hydrogen-bond acceptors (Lipinski definition) is 0. The molecule has 0 heteroatoms. The highest BCUT2D eigenvalue weighted by Gasteiger charge is 1.83. The highest BCUT2D eigenvalue weighted by molar-refractivity contribution is 5.03. The Bertz CT molecular complexity index is 140. The fourth-order valence-corrected chi connectivity index (χ4v) is 1.15. The molecule has 13 heavy (non-hydrogen) atoms. The maximum Gasteiger partial charge on any atom is -0.0287 e. The fourth-order valence-electron chi connectivity index (χ4n) is 1.15. The van der Waals surface area contributed by atoms with E-state index in [4.69, 9.17) is 0 Å². The van der Waals surface area contributed by atoms with Crippen molar-refractivity contribution in [3.05, 3.63) is 24.3 Å². The van der Waals surface area contributed by atoms with Gasteiger partial charge in [0.15, 0.2) is 0 Å². The summed E-state index contributed by atoms with van der Waals surface area (Å²) in [7, 11) is 0. The average molecular weight is 180 g/mol. The molecule has 0 nitrogen and oxygen atoms in total. The summed E-state index contributed by atoms with van der Waals surface area (Å²) in [4.78, 5) is 0. The summed E-state index contributed by atoms with van der Waals surface area (Å²) in [5.41, 5.74) is 0. The van der Waals surface area contributed by atoms with Crippen LogP contribution in [-0.2, 0) is 0 Å². The van der Waals surface area contributed by atoms with Crippen molar-refractivity contribution in [2.75, 3.05) is 0 Å². The molecule has 0 atom stereocenters. The summed E-state index contributed by atoms with van der Waals surface area (Å²) in [5.74, 6) is 0.671. The van der Waals surface area contributed by atoms with Gasteiger partial charge in [0, 0.05) is 0 Å². The Hall–Kier alpha value is -0.520. The van der Waals surface area contributed by atoms with Crippen molar-refractivity contribution in [3.63, 3.8) is 0 Å². The molecule has 0 bridgehead atoms. The molecule has 0 aromatic carbocycles. The standard InChI is InChI=1S/C13H24/c1-4-5-6-7-8-9-10-11-12-13(2)3/h9-13H,4-8H2,1-3H3/b10-9-,12-11-. The monoisotopic (exact) mass is 180 g/mol. The molecule has 0 aliphatic heterocycles. The van der Waals surface area contributed by atoms with E-state index in [-0.39, 0.29) is 0 Å². The van der Waals surface area contributed by atoms with Crippen molar-refractivity contribution >= 4 is 0 Å². The number of hydrogen-bond donors (Lipinski definition) is 0. The van der Waals surface area contributed by atoms with Crippen LogP contribution in [0.25, 0.3) is 0 Å². The highest BCUT2D eigenvalue weighted by Crippen LogP contribution is 2.03. The van der Waals surface area contributed by atoms with Gasteiger partial charge in [0.25, 0.3) is 0 Å². The Balaban J connectivity index is 3.21. The quantitative estimate of drug-likeness (QED) is 0.392. The summed E-state index contributed by atoms with van der Waals surface area (Å²) < 4.78 is 0. The largest absolute Gasteiger partial charge is 0.0845 e. The zero-order chi connectivity index (χ0) is 9.94. The first-order valence-corrected chi connectivity index (χ1v) is 5.60. The van der Waals surface area contributed by atoms with Gasteiger partial charge in [-0.2, -0.15) is 0 Å². The molecular weight excluding hydrogens is 156 g/mol. The van der Waals surface area contributed by atoms with Crippen LogP contribution >= 0.6 is 0 Å². The predicted molar refractivity (Wildman–Crippen MR) is 61.9 cm³/mol.